The van der Waals surface area contributed by atoms with E-state index in [1.54, 1.807) is 6.07 Å². The van der Waals surface area contributed by atoms with E-state index >= 15 is 0 Å². The molecule has 20 heavy (non-hydrogen) atoms. The Hall–Kier alpha value is -1.19. The summed E-state index contributed by atoms with van der Waals surface area (Å²) in [5, 5.41) is 3.52. The van der Waals surface area contributed by atoms with Crippen LogP contribution in [0.25, 0.3) is 0 Å². The summed E-state index contributed by atoms with van der Waals surface area (Å²) in [5.41, 5.74) is 3.57. The zero-order valence-corrected chi connectivity index (χ0v) is 13.4. The molecule has 2 rings (SSSR count). The van der Waals surface area contributed by atoms with Crippen LogP contribution in [0.2, 0.25) is 0 Å². The van der Waals surface area contributed by atoms with Gasteiger partial charge in [-0.1, -0.05) is 13.0 Å². The Kier molecular flexibility index (Phi) is 4.95. The second-order valence-corrected chi connectivity index (χ2v) is 6.56. The van der Waals surface area contributed by atoms with E-state index in [2.05, 4.69) is 32.2 Å². The second-order valence-electron chi connectivity index (χ2n) is 5.27. The molecule has 0 aliphatic heterocycles. The predicted molar refractivity (Wildman–Crippen MR) is 85.1 cm³/mol. The van der Waals surface area contributed by atoms with E-state index < -0.39 is 0 Å². The summed E-state index contributed by atoms with van der Waals surface area (Å²) in [6.07, 6.45) is 0.830. The highest BCUT2D eigenvalue weighted by molar-refractivity contribution is 7.12. The maximum Gasteiger partial charge on any atom is 0.123 e. The minimum atomic E-state index is -0.153. The lowest BCUT2D eigenvalue weighted by Gasteiger charge is -2.18. The van der Waals surface area contributed by atoms with Gasteiger partial charge in [0, 0.05) is 15.8 Å². The molecule has 2 aromatic rings. The normalized spacial score (nSPS) is 12.7. The summed E-state index contributed by atoms with van der Waals surface area (Å²) in [7, 11) is 0. The fourth-order valence-electron chi connectivity index (χ4n) is 2.37. The van der Waals surface area contributed by atoms with Crippen molar-refractivity contribution < 1.29 is 4.39 Å². The van der Waals surface area contributed by atoms with Crippen molar-refractivity contribution in [3.05, 3.63) is 56.5 Å². The Labute approximate surface area is 124 Å². The van der Waals surface area contributed by atoms with Gasteiger partial charge >= 0.3 is 0 Å². The molecule has 0 saturated heterocycles. The molecule has 0 aliphatic carbocycles. The van der Waals surface area contributed by atoms with Crippen LogP contribution in [0, 0.1) is 26.6 Å². The fraction of sp³-hybridized carbons (Fsp3) is 0.412. The first kappa shape index (κ1) is 15.2. The standard InChI is InChI=1S/C17H22FNS/c1-5-19-16(17-8-12(3)13(4)20-17)10-14-9-15(18)7-6-11(14)2/h6-9,16,19H,5,10H2,1-4H3. The number of hydrogen-bond acceptors (Lipinski definition) is 2. The van der Waals surface area contributed by atoms with Crippen LogP contribution < -0.4 is 5.32 Å². The average molecular weight is 291 g/mol. The van der Waals surface area contributed by atoms with E-state index in [9.17, 15) is 4.39 Å². The van der Waals surface area contributed by atoms with Crippen molar-refractivity contribution in [3.8, 4) is 0 Å². The van der Waals surface area contributed by atoms with Gasteiger partial charge in [0.1, 0.15) is 5.82 Å². The Morgan fingerprint density at radius 3 is 2.50 bits per heavy atom. The first-order valence-corrected chi connectivity index (χ1v) is 7.88. The van der Waals surface area contributed by atoms with Crippen molar-refractivity contribution >= 4 is 11.3 Å². The number of halogens is 1. The minimum Gasteiger partial charge on any atom is -0.309 e. The third kappa shape index (κ3) is 3.47. The number of rotatable bonds is 5. The van der Waals surface area contributed by atoms with Crippen LogP contribution in [-0.2, 0) is 6.42 Å². The van der Waals surface area contributed by atoms with Crippen LogP contribution in [0.5, 0.6) is 0 Å². The number of likely N-dealkylation sites (N-methyl/N-ethyl adjacent to an activating group) is 1. The number of thiophene rings is 1. The molecule has 0 radical (unpaired) electrons. The number of hydrogen-bond donors (Lipinski definition) is 1. The molecule has 3 heteroatoms. The molecule has 1 aromatic heterocycles. The molecule has 0 amide bonds. The first-order chi connectivity index (χ1) is 9.51. The van der Waals surface area contributed by atoms with Crippen LogP contribution in [0.4, 0.5) is 4.39 Å². The Balaban J connectivity index is 2.27. The van der Waals surface area contributed by atoms with Crippen LogP contribution in [0.15, 0.2) is 24.3 Å². The molecule has 0 aliphatic rings. The third-order valence-electron chi connectivity index (χ3n) is 3.71. The van der Waals surface area contributed by atoms with Gasteiger partial charge in [-0.05, 0) is 68.6 Å². The summed E-state index contributed by atoms with van der Waals surface area (Å²) in [4.78, 5) is 2.70. The van der Waals surface area contributed by atoms with E-state index in [4.69, 9.17) is 0 Å². The molecule has 0 saturated carbocycles. The zero-order chi connectivity index (χ0) is 14.7. The highest BCUT2D eigenvalue weighted by atomic mass is 32.1. The second kappa shape index (κ2) is 6.51. The van der Waals surface area contributed by atoms with Crippen molar-refractivity contribution in [1.29, 1.82) is 0 Å². The van der Waals surface area contributed by atoms with Gasteiger partial charge in [-0.25, -0.2) is 4.39 Å². The van der Waals surface area contributed by atoms with E-state index in [1.165, 1.54) is 21.4 Å². The smallest absolute Gasteiger partial charge is 0.123 e. The average Bonchev–Trinajstić information content (AvgIpc) is 2.73. The summed E-state index contributed by atoms with van der Waals surface area (Å²) >= 11 is 1.84. The number of aryl methyl sites for hydroxylation is 3. The SMILES string of the molecule is CCNC(Cc1cc(F)ccc1C)c1cc(C)c(C)s1. The maximum absolute atomic E-state index is 13.4. The van der Waals surface area contributed by atoms with E-state index in [0.717, 1.165) is 24.1 Å². The highest BCUT2D eigenvalue weighted by Gasteiger charge is 2.16. The first-order valence-electron chi connectivity index (χ1n) is 7.06. The van der Waals surface area contributed by atoms with E-state index in [0.29, 0.717) is 0 Å². The van der Waals surface area contributed by atoms with Crippen molar-refractivity contribution in [2.75, 3.05) is 6.54 Å². The third-order valence-corrected chi connectivity index (χ3v) is 4.98. The van der Waals surface area contributed by atoms with Crippen LogP contribution >= 0.6 is 11.3 Å². The molecule has 0 spiro atoms. The summed E-state index contributed by atoms with van der Waals surface area (Å²) in [5.74, 6) is -0.153. The van der Waals surface area contributed by atoms with Crippen LogP contribution in [0.1, 0.15) is 39.4 Å². The van der Waals surface area contributed by atoms with E-state index in [-0.39, 0.29) is 11.9 Å². The molecular weight excluding hydrogens is 269 g/mol. The molecule has 1 unspecified atom stereocenters. The van der Waals surface area contributed by atoms with Crippen molar-refractivity contribution in [1.82, 2.24) is 5.32 Å². The van der Waals surface area contributed by atoms with Gasteiger partial charge in [0.25, 0.3) is 0 Å². The maximum atomic E-state index is 13.4. The van der Waals surface area contributed by atoms with Gasteiger partial charge in [0.15, 0.2) is 0 Å². The van der Waals surface area contributed by atoms with Crippen molar-refractivity contribution in [3.63, 3.8) is 0 Å². The largest absolute Gasteiger partial charge is 0.309 e. The van der Waals surface area contributed by atoms with Gasteiger partial charge in [-0.3, -0.25) is 0 Å². The van der Waals surface area contributed by atoms with Crippen LogP contribution in [0.3, 0.4) is 0 Å². The van der Waals surface area contributed by atoms with Gasteiger partial charge < -0.3 is 5.32 Å². The molecule has 1 N–H and O–H groups in total. The zero-order valence-electron chi connectivity index (χ0n) is 12.6. The molecule has 1 nitrogen and oxygen atoms in total. The lowest BCUT2D eigenvalue weighted by Crippen LogP contribution is -2.22. The molecule has 1 atom stereocenters. The van der Waals surface area contributed by atoms with E-state index in [1.807, 2.05) is 24.3 Å². The molecule has 0 fully saturated rings. The van der Waals surface area contributed by atoms with Gasteiger partial charge in [0.2, 0.25) is 0 Å². The Morgan fingerprint density at radius 1 is 1.15 bits per heavy atom. The molecular formula is C17H22FNS. The summed E-state index contributed by atoms with van der Waals surface area (Å²) in [6.45, 7) is 9.36. The van der Waals surface area contributed by atoms with Gasteiger partial charge in [0.05, 0.1) is 0 Å². The predicted octanol–water partition coefficient (Wildman–Crippen LogP) is 4.71. The number of nitrogens with one attached hydrogen (secondary N) is 1. The van der Waals surface area contributed by atoms with Gasteiger partial charge in [-0.15, -0.1) is 11.3 Å². The quantitative estimate of drug-likeness (QED) is 0.841. The highest BCUT2D eigenvalue weighted by Crippen LogP contribution is 2.29. The lowest BCUT2D eigenvalue weighted by molar-refractivity contribution is 0.553. The monoisotopic (exact) mass is 291 g/mol. The Bertz CT molecular complexity index is 569. The molecule has 1 heterocycles. The fourth-order valence-corrected chi connectivity index (χ4v) is 3.49. The Morgan fingerprint density at radius 2 is 1.90 bits per heavy atom. The summed E-state index contributed by atoms with van der Waals surface area (Å²) < 4.78 is 13.4. The molecule has 0 bridgehead atoms. The molecule has 108 valence electrons. The number of benzene rings is 1. The lowest BCUT2D eigenvalue weighted by atomic mass is 9.99. The van der Waals surface area contributed by atoms with Crippen molar-refractivity contribution in [2.24, 2.45) is 0 Å². The minimum absolute atomic E-state index is 0.153. The van der Waals surface area contributed by atoms with Gasteiger partial charge in [-0.2, -0.15) is 0 Å². The summed E-state index contributed by atoms with van der Waals surface area (Å²) in [6, 6.07) is 7.56. The van der Waals surface area contributed by atoms with Crippen molar-refractivity contribution in [2.45, 2.75) is 40.2 Å². The topological polar surface area (TPSA) is 12.0 Å². The molecule has 1 aromatic carbocycles. The van der Waals surface area contributed by atoms with Crippen LogP contribution in [-0.4, -0.2) is 6.54 Å².